The van der Waals surface area contributed by atoms with Crippen LogP contribution in [0.5, 0.6) is 0 Å². The first-order valence-electron chi connectivity index (χ1n) is 5.93. The summed E-state index contributed by atoms with van der Waals surface area (Å²) in [6.07, 6.45) is -1.58. The second-order valence-corrected chi connectivity index (χ2v) is 5.50. The zero-order valence-corrected chi connectivity index (χ0v) is 10.7. The number of aliphatic hydroxyl groups is 2. The number of hydrogen-bond acceptors (Lipinski definition) is 3. The first kappa shape index (κ1) is 13.5. The van der Waals surface area contributed by atoms with Gasteiger partial charge in [0.2, 0.25) is 5.91 Å². The number of aliphatic hydroxyl groups excluding tert-OH is 2. The molecule has 94 valence electrons. The molecule has 4 heteroatoms. The molecule has 0 bridgehead atoms. The predicted molar refractivity (Wildman–Crippen MR) is 61.7 cm³/mol. The minimum absolute atomic E-state index is 0.0114. The lowest BCUT2D eigenvalue weighted by molar-refractivity contribution is -0.123. The lowest BCUT2D eigenvalue weighted by Gasteiger charge is -2.42. The molecule has 16 heavy (non-hydrogen) atoms. The van der Waals surface area contributed by atoms with Gasteiger partial charge in [-0.25, -0.2) is 0 Å². The molecule has 1 aliphatic heterocycles. The van der Waals surface area contributed by atoms with E-state index in [1.165, 1.54) is 0 Å². The van der Waals surface area contributed by atoms with Crippen LogP contribution in [0.4, 0.5) is 0 Å². The third-order valence-corrected chi connectivity index (χ3v) is 3.79. The summed E-state index contributed by atoms with van der Waals surface area (Å²) >= 11 is 0. The van der Waals surface area contributed by atoms with E-state index in [1.54, 1.807) is 6.92 Å². The van der Waals surface area contributed by atoms with Gasteiger partial charge in [-0.2, -0.15) is 0 Å². The summed E-state index contributed by atoms with van der Waals surface area (Å²) in [6.45, 7) is 9.28. The Morgan fingerprint density at radius 2 is 1.81 bits per heavy atom. The van der Waals surface area contributed by atoms with Crippen molar-refractivity contribution in [1.82, 2.24) is 5.32 Å². The molecule has 0 aromatic heterocycles. The number of amides is 1. The van der Waals surface area contributed by atoms with Crippen LogP contribution in [-0.2, 0) is 4.79 Å². The summed E-state index contributed by atoms with van der Waals surface area (Å²) in [5.74, 6) is -0.673. The van der Waals surface area contributed by atoms with Gasteiger partial charge in [0.05, 0.1) is 23.7 Å². The third kappa shape index (κ3) is 1.74. The predicted octanol–water partition coefficient (Wildman–Crippen LogP) is 0.525. The summed E-state index contributed by atoms with van der Waals surface area (Å²) in [5, 5.41) is 23.3. The first-order chi connectivity index (χ1) is 7.25. The number of carbonyl (C=O) groups is 1. The minimum Gasteiger partial charge on any atom is -0.390 e. The van der Waals surface area contributed by atoms with Gasteiger partial charge >= 0.3 is 0 Å². The summed E-state index contributed by atoms with van der Waals surface area (Å²) < 4.78 is 0. The highest BCUT2D eigenvalue weighted by molar-refractivity contribution is 5.83. The van der Waals surface area contributed by atoms with Crippen molar-refractivity contribution in [2.45, 2.75) is 52.4 Å². The third-order valence-electron chi connectivity index (χ3n) is 3.79. The van der Waals surface area contributed by atoms with Crippen molar-refractivity contribution < 1.29 is 15.0 Å². The van der Waals surface area contributed by atoms with Crippen molar-refractivity contribution >= 4 is 5.91 Å². The van der Waals surface area contributed by atoms with E-state index < -0.39 is 23.7 Å². The molecule has 1 saturated heterocycles. The number of hydrogen-bond donors (Lipinski definition) is 3. The lowest BCUT2D eigenvalue weighted by atomic mass is 9.73. The van der Waals surface area contributed by atoms with Gasteiger partial charge in [-0.3, -0.25) is 4.79 Å². The van der Waals surface area contributed by atoms with Gasteiger partial charge in [0, 0.05) is 0 Å². The van der Waals surface area contributed by atoms with E-state index in [2.05, 4.69) is 5.32 Å². The van der Waals surface area contributed by atoms with Gasteiger partial charge in [-0.15, -0.1) is 0 Å². The Morgan fingerprint density at radius 1 is 1.31 bits per heavy atom. The zero-order chi connectivity index (χ0) is 12.7. The van der Waals surface area contributed by atoms with Gasteiger partial charge in [0.1, 0.15) is 0 Å². The normalized spacial score (nSPS) is 36.9. The maximum Gasteiger partial charge on any atom is 0.226 e. The molecule has 0 aromatic carbocycles. The second kappa shape index (κ2) is 4.34. The molecule has 1 fully saturated rings. The number of nitrogens with one attached hydrogen (secondary N) is 1. The van der Waals surface area contributed by atoms with Crippen molar-refractivity contribution in [2.75, 3.05) is 0 Å². The van der Waals surface area contributed by atoms with Crippen molar-refractivity contribution in [3.63, 3.8) is 0 Å². The standard InChI is InChI=1S/C12H23NO3/c1-6(2)9(14)12(7(3)4)10(15)8(5)11(16)13-12/h6-10,14-15H,1-5H3,(H,13,16). The van der Waals surface area contributed by atoms with Crippen LogP contribution in [0.25, 0.3) is 0 Å². The highest BCUT2D eigenvalue weighted by Crippen LogP contribution is 2.37. The van der Waals surface area contributed by atoms with Gasteiger partial charge in [0.15, 0.2) is 0 Å². The fourth-order valence-electron chi connectivity index (χ4n) is 2.59. The average Bonchev–Trinajstić information content (AvgIpc) is 2.42. The first-order valence-corrected chi connectivity index (χ1v) is 5.93. The van der Waals surface area contributed by atoms with Crippen LogP contribution in [-0.4, -0.2) is 33.9 Å². The molecule has 0 spiro atoms. The Morgan fingerprint density at radius 3 is 2.06 bits per heavy atom. The maximum atomic E-state index is 11.6. The molecule has 0 aliphatic carbocycles. The zero-order valence-electron chi connectivity index (χ0n) is 10.7. The van der Waals surface area contributed by atoms with Crippen molar-refractivity contribution in [3.8, 4) is 0 Å². The monoisotopic (exact) mass is 229 g/mol. The minimum atomic E-state index is -0.912. The quantitative estimate of drug-likeness (QED) is 0.661. The largest absolute Gasteiger partial charge is 0.390 e. The van der Waals surface area contributed by atoms with E-state index in [1.807, 2.05) is 27.7 Å². The molecule has 0 saturated carbocycles. The SMILES string of the molecule is CC(C)C(O)C1(C(C)C)NC(=O)C(C)C1O. The number of rotatable bonds is 3. The van der Waals surface area contributed by atoms with Crippen LogP contribution in [0.15, 0.2) is 0 Å². The van der Waals surface area contributed by atoms with Crippen molar-refractivity contribution in [2.24, 2.45) is 17.8 Å². The van der Waals surface area contributed by atoms with E-state index in [-0.39, 0.29) is 17.7 Å². The molecule has 3 N–H and O–H groups in total. The molecule has 1 aliphatic rings. The molecule has 1 amide bonds. The van der Waals surface area contributed by atoms with E-state index in [0.717, 1.165) is 0 Å². The van der Waals surface area contributed by atoms with E-state index in [4.69, 9.17) is 0 Å². The molecule has 4 atom stereocenters. The Balaban J connectivity index is 3.13. The van der Waals surface area contributed by atoms with Crippen LogP contribution in [0.3, 0.4) is 0 Å². The molecule has 0 aromatic rings. The highest BCUT2D eigenvalue weighted by atomic mass is 16.3. The van der Waals surface area contributed by atoms with Crippen molar-refractivity contribution in [3.05, 3.63) is 0 Å². The summed E-state index contributed by atoms with van der Waals surface area (Å²) in [7, 11) is 0. The molecule has 1 rings (SSSR count). The van der Waals surface area contributed by atoms with Gasteiger partial charge in [0.25, 0.3) is 0 Å². The van der Waals surface area contributed by atoms with Crippen LogP contribution >= 0.6 is 0 Å². The van der Waals surface area contributed by atoms with Crippen LogP contribution in [0, 0.1) is 17.8 Å². The van der Waals surface area contributed by atoms with E-state index in [9.17, 15) is 15.0 Å². The Labute approximate surface area is 97.0 Å². The van der Waals surface area contributed by atoms with E-state index in [0.29, 0.717) is 0 Å². The maximum absolute atomic E-state index is 11.6. The van der Waals surface area contributed by atoms with Crippen LogP contribution in [0.2, 0.25) is 0 Å². The summed E-state index contributed by atoms with van der Waals surface area (Å²) in [6, 6.07) is 0. The Hall–Kier alpha value is -0.610. The summed E-state index contributed by atoms with van der Waals surface area (Å²) in [4.78, 5) is 11.6. The van der Waals surface area contributed by atoms with E-state index >= 15 is 0 Å². The van der Waals surface area contributed by atoms with Gasteiger partial charge < -0.3 is 15.5 Å². The molecule has 1 heterocycles. The number of carbonyl (C=O) groups excluding carboxylic acids is 1. The lowest BCUT2D eigenvalue weighted by Crippen LogP contribution is -2.63. The molecule has 0 radical (unpaired) electrons. The summed E-state index contributed by atoms with van der Waals surface area (Å²) in [5.41, 5.74) is -0.912. The fraction of sp³-hybridized carbons (Fsp3) is 0.917. The molecule has 4 nitrogen and oxygen atoms in total. The Bertz CT molecular complexity index is 277. The average molecular weight is 229 g/mol. The molecular formula is C12H23NO3. The fourth-order valence-corrected chi connectivity index (χ4v) is 2.59. The van der Waals surface area contributed by atoms with Crippen molar-refractivity contribution in [1.29, 1.82) is 0 Å². The topological polar surface area (TPSA) is 69.6 Å². The highest BCUT2D eigenvalue weighted by Gasteiger charge is 2.57. The smallest absolute Gasteiger partial charge is 0.226 e. The molecular weight excluding hydrogens is 206 g/mol. The van der Waals surface area contributed by atoms with Crippen LogP contribution < -0.4 is 5.32 Å². The van der Waals surface area contributed by atoms with Gasteiger partial charge in [-0.05, 0) is 11.8 Å². The second-order valence-electron chi connectivity index (χ2n) is 5.50. The van der Waals surface area contributed by atoms with Crippen LogP contribution in [0.1, 0.15) is 34.6 Å². The van der Waals surface area contributed by atoms with Gasteiger partial charge in [-0.1, -0.05) is 34.6 Å². The Kier molecular flexibility index (Phi) is 3.65. The molecule has 4 unspecified atom stereocenters.